The maximum Gasteiger partial charge on any atom is 0.275 e. The molecule has 6 heteroatoms. The van der Waals surface area contributed by atoms with Crippen molar-refractivity contribution in [1.82, 2.24) is 4.98 Å². The lowest BCUT2D eigenvalue weighted by molar-refractivity contribution is 0.102. The van der Waals surface area contributed by atoms with Crippen LogP contribution in [0.2, 0.25) is 0 Å². The van der Waals surface area contributed by atoms with Crippen molar-refractivity contribution >= 4 is 22.9 Å². The first-order valence-electron chi connectivity index (χ1n) is 6.72. The molecule has 5 nitrogen and oxygen atoms in total. The van der Waals surface area contributed by atoms with Crippen molar-refractivity contribution in [2.75, 3.05) is 19.0 Å². The number of ether oxygens (including phenoxy) is 1. The second-order valence-electron chi connectivity index (χ2n) is 4.62. The van der Waals surface area contributed by atoms with E-state index in [1.807, 2.05) is 31.2 Å². The van der Waals surface area contributed by atoms with Crippen molar-refractivity contribution in [2.24, 2.45) is 5.73 Å². The van der Waals surface area contributed by atoms with E-state index in [1.165, 1.54) is 11.3 Å². The lowest BCUT2D eigenvalue weighted by Crippen LogP contribution is -2.13. The zero-order valence-corrected chi connectivity index (χ0v) is 12.9. The summed E-state index contributed by atoms with van der Waals surface area (Å²) in [5, 5.41) is 5.48. The van der Waals surface area contributed by atoms with Gasteiger partial charge in [-0.2, -0.15) is 0 Å². The third-order valence-corrected chi connectivity index (χ3v) is 4.02. The van der Waals surface area contributed by atoms with Crippen molar-refractivity contribution in [1.29, 1.82) is 0 Å². The summed E-state index contributed by atoms with van der Waals surface area (Å²) in [6.45, 7) is 2.49. The highest BCUT2D eigenvalue weighted by molar-refractivity contribution is 7.09. The number of carbonyl (C=O) groups is 1. The van der Waals surface area contributed by atoms with E-state index in [4.69, 9.17) is 10.5 Å². The van der Waals surface area contributed by atoms with Crippen LogP contribution in [0.3, 0.4) is 0 Å². The van der Waals surface area contributed by atoms with Crippen LogP contribution in [0.1, 0.15) is 34.1 Å². The Morgan fingerprint density at radius 3 is 3.05 bits per heavy atom. The molecule has 3 N–H and O–H groups in total. The predicted molar refractivity (Wildman–Crippen MR) is 84.7 cm³/mol. The lowest BCUT2D eigenvalue weighted by atomic mass is 10.1. The SMILES string of the molecule is COC(C)c1cccc(NC(=O)c2csc(CCN)n2)c1. The molecular weight excluding hydrogens is 286 g/mol. The topological polar surface area (TPSA) is 77.2 Å². The second kappa shape index (κ2) is 7.31. The lowest BCUT2D eigenvalue weighted by Gasteiger charge is -2.11. The summed E-state index contributed by atoms with van der Waals surface area (Å²) in [6, 6.07) is 7.60. The van der Waals surface area contributed by atoms with E-state index in [0.29, 0.717) is 18.7 Å². The number of nitrogens with zero attached hydrogens (tertiary/aromatic N) is 1. The molecule has 0 saturated heterocycles. The fourth-order valence-electron chi connectivity index (χ4n) is 1.85. The van der Waals surface area contributed by atoms with Gasteiger partial charge in [-0.1, -0.05) is 12.1 Å². The third-order valence-electron chi connectivity index (χ3n) is 3.11. The minimum absolute atomic E-state index is 0.0164. The van der Waals surface area contributed by atoms with E-state index < -0.39 is 0 Å². The number of rotatable bonds is 6. The molecule has 1 heterocycles. The van der Waals surface area contributed by atoms with Crippen LogP contribution >= 0.6 is 11.3 Å². The summed E-state index contributed by atoms with van der Waals surface area (Å²) in [7, 11) is 1.66. The smallest absolute Gasteiger partial charge is 0.275 e. The van der Waals surface area contributed by atoms with Crippen LogP contribution in [0.4, 0.5) is 5.69 Å². The fourth-order valence-corrected chi connectivity index (χ4v) is 2.65. The zero-order valence-electron chi connectivity index (χ0n) is 12.1. The van der Waals surface area contributed by atoms with Gasteiger partial charge in [0.05, 0.1) is 11.1 Å². The van der Waals surface area contributed by atoms with Gasteiger partial charge in [0.15, 0.2) is 0 Å². The molecule has 1 aromatic heterocycles. The quantitative estimate of drug-likeness (QED) is 0.860. The van der Waals surface area contributed by atoms with Gasteiger partial charge in [-0.3, -0.25) is 4.79 Å². The zero-order chi connectivity index (χ0) is 15.2. The van der Waals surface area contributed by atoms with Crippen LogP contribution in [-0.4, -0.2) is 24.5 Å². The minimum atomic E-state index is -0.211. The summed E-state index contributed by atoms with van der Waals surface area (Å²) in [4.78, 5) is 16.4. The molecule has 0 radical (unpaired) electrons. The van der Waals surface area contributed by atoms with Crippen molar-refractivity contribution in [3.8, 4) is 0 Å². The Kier molecular flexibility index (Phi) is 5.44. The van der Waals surface area contributed by atoms with Crippen LogP contribution in [0.5, 0.6) is 0 Å². The molecule has 21 heavy (non-hydrogen) atoms. The van der Waals surface area contributed by atoms with E-state index in [-0.39, 0.29) is 12.0 Å². The van der Waals surface area contributed by atoms with Crippen LogP contribution in [0.15, 0.2) is 29.6 Å². The highest BCUT2D eigenvalue weighted by atomic mass is 32.1. The molecule has 0 saturated carbocycles. The Morgan fingerprint density at radius 1 is 1.52 bits per heavy atom. The molecule has 1 aromatic carbocycles. The van der Waals surface area contributed by atoms with E-state index >= 15 is 0 Å². The number of nitrogens with two attached hydrogens (primary N) is 1. The van der Waals surface area contributed by atoms with Gasteiger partial charge < -0.3 is 15.8 Å². The molecular formula is C15H19N3O2S. The largest absolute Gasteiger partial charge is 0.377 e. The molecule has 0 aliphatic rings. The number of amides is 1. The Labute approximate surface area is 128 Å². The molecule has 2 aromatic rings. The molecule has 2 rings (SSSR count). The minimum Gasteiger partial charge on any atom is -0.377 e. The van der Waals surface area contributed by atoms with Crippen LogP contribution < -0.4 is 11.1 Å². The van der Waals surface area contributed by atoms with Crippen molar-refractivity contribution in [2.45, 2.75) is 19.4 Å². The van der Waals surface area contributed by atoms with E-state index in [1.54, 1.807) is 12.5 Å². The summed E-state index contributed by atoms with van der Waals surface area (Å²) in [6.07, 6.45) is 0.677. The summed E-state index contributed by atoms with van der Waals surface area (Å²) < 4.78 is 5.28. The summed E-state index contributed by atoms with van der Waals surface area (Å²) in [5.74, 6) is -0.211. The number of nitrogens with one attached hydrogen (secondary N) is 1. The number of methoxy groups -OCH3 is 1. The van der Waals surface area contributed by atoms with Crippen molar-refractivity contribution < 1.29 is 9.53 Å². The molecule has 112 valence electrons. The molecule has 1 amide bonds. The van der Waals surface area contributed by atoms with Gasteiger partial charge in [-0.05, 0) is 31.2 Å². The normalized spacial score (nSPS) is 12.1. The monoisotopic (exact) mass is 305 g/mol. The van der Waals surface area contributed by atoms with E-state index in [9.17, 15) is 4.79 Å². The van der Waals surface area contributed by atoms with Crippen molar-refractivity contribution in [3.63, 3.8) is 0 Å². The number of aromatic nitrogens is 1. The fraction of sp³-hybridized carbons (Fsp3) is 0.333. The van der Waals surface area contributed by atoms with E-state index in [2.05, 4.69) is 10.3 Å². The van der Waals surface area contributed by atoms with Gasteiger partial charge in [-0.25, -0.2) is 4.98 Å². The standard InChI is InChI=1S/C15H19N3O2S/c1-10(20-2)11-4-3-5-12(8-11)17-15(19)13-9-21-14(18-13)6-7-16/h3-5,8-10H,6-7,16H2,1-2H3,(H,17,19). The molecule has 0 fully saturated rings. The van der Waals surface area contributed by atoms with Gasteiger partial charge in [0.25, 0.3) is 5.91 Å². The third kappa shape index (κ3) is 4.10. The first-order chi connectivity index (χ1) is 10.1. The van der Waals surface area contributed by atoms with Crippen LogP contribution in [-0.2, 0) is 11.2 Å². The summed E-state index contributed by atoms with van der Waals surface area (Å²) in [5.41, 5.74) is 7.65. The molecule has 1 unspecified atom stereocenters. The highest BCUT2D eigenvalue weighted by Crippen LogP contribution is 2.20. The van der Waals surface area contributed by atoms with Gasteiger partial charge >= 0.3 is 0 Å². The summed E-state index contributed by atoms with van der Waals surface area (Å²) >= 11 is 1.45. The predicted octanol–water partition coefficient (Wildman–Crippen LogP) is 2.60. The van der Waals surface area contributed by atoms with Gasteiger partial charge in [0.2, 0.25) is 0 Å². The molecule has 0 bridgehead atoms. The number of thiazole rings is 1. The first-order valence-corrected chi connectivity index (χ1v) is 7.60. The van der Waals surface area contributed by atoms with Gasteiger partial charge in [-0.15, -0.1) is 11.3 Å². The van der Waals surface area contributed by atoms with Crippen LogP contribution in [0, 0.1) is 0 Å². The number of anilines is 1. The maximum atomic E-state index is 12.2. The Morgan fingerprint density at radius 2 is 2.33 bits per heavy atom. The number of benzene rings is 1. The number of carbonyl (C=O) groups excluding carboxylic acids is 1. The Hall–Kier alpha value is -1.76. The van der Waals surface area contributed by atoms with Crippen molar-refractivity contribution in [3.05, 3.63) is 45.9 Å². The second-order valence-corrected chi connectivity index (χ2v) is 5.57. The maximum absolute atomic E-state index is 12.2. The van der Waals surface area contributed by atoms with E-state index in [0.717, 1.165) is 16.3 Å². The average Bonchev–Trinajstić information content (AvgIpc) is 2.96. The first kappa shape index (κ1) is 15.6. The Balaban J connectivity index is 2.08. The number of hydrogen-bond acceptors (Lipinski definition) is 5. The van der Waals surface area contributed by atoms with Crippen LogP contribution in [0.25, 0.3) is 0 Å². The van der Waals surface area contributed by atoms with Gasteiger partial charge in [0, 0.05) is 24.6 Å². The average molecular weight is 305 g/mol. The number of hydrogen-bond donors (Lipinski definition) is 2. The molecule has 0 spiro atoms. The molecule has 0 aliphatic heterocycles. The molecule has 0 aliphatic carbocycles. The molecule has 1 atom stereocenters. The Bertz CT molecular complexity index is 612. The van der Waals surface area contributed by atoms with Gasteiger partial charge in [0.1, 0.15) is 5.69 Å². The highest BCUT2D eigenvalue weighted by Gasteiger charge is 2.12.